The van der Waals surface area contributed by atoms with E-state index in [1.165, 1.54) is 4.90 Å². The molecule has 146 valence electrons. The third-order valence-electron chi connectivity index (χ3n) is 5.34. The van der Waals surface area contributed by atoms with E-state index in [0.717, 1.165) is 15.6 Å². The number of carbonyl (C=O) groups excluding carboxylic acids is 2. The van der Waals surface area contributed by atoms with Crippen molar-refractivity contribution >= 4 is 33.3 Å². The maximum atomic E-state index is 12.9. The van der Waals surface area contributed by atoms with Crippen molar-refractivity contribution in [3.05, 3.63) is 88.4 Å². The molecule has 1 atom stereocenters. The van der Waals surface area contributed by atoms with Gasteiger partial charge in [-0.15, -0.1) is 0 Å². The second kappa shape index (κ2) is 7.58. The molecule has 0 radical (unpaired) electrons. The highest BCUT2D eigenvalue weighted by atomic mass is 79.9. The number of hydrogen-bond donors (Lipinski definition) is 1. The molecule has 3 aromatic carbocycles. The number of halogens is 1. The molecule has 0 bridgehead atoms. The largest absolute Gasteiger partial charge is 0.375 e. The van der Waals surface area contributed by atoms with Crippen LogP contribution in [0.25, 0.3) is 11.1 Å². The zero-order chi connectivity index (χ0) is 20.6. The van der Waals surface area contributed by atoms with Crippen LogP contribution in [0.1, 0.15) is 29.3 Å². The minimum absolute atomic E-state index is 0.274. The van der Waals surface area contributed by atoms with Crippen LogP contribution in [0.2, 0.25) is 0 Å². The molecule has 0 spiro atoms. The summed E-state index contributed by atoms with van der Waals surface area (Å²) in [6.45, 7) is 2.27. The lowest BCUT2D eigenvalue weighted by molar-refractivity contribution is -0.135. The molecule has 5 heteroatoms. The summed E-state index contributed by atoms with van der Waals surface area (Å²) in [5, 5.41) is 11.3. The quantitative estimate of drug-likeness (QED) is 0.560. The van der Waals surface area contributed by atoms with Crippen molar-refractivity contribution in [2.45, 2.75) is 18.9 Å². The summed E-state index contributed by atoms with van der Waals surface area (Å²) in [7, 11) is 0. The van der Waals surface area contributed by atoms with Crippen LogP contribution in [-0.4, -0.2) is 23.3 Å². The summed E-state index contributed by atoms with van der Waals surface area (Å²) < 4.78 is 0.750. The predicted octanol–water partition coefficient (Wildman–Crippen LogP) is 4.94. The Bertz CT molecular complexity index is 1080. The lowest BCUT2D eigenvalue weighted by Gasteiger charge is -2.22. The molecule has 1 amide bonds. The molecular formula is C24H20BrNO3. The standard InChI is InChI=1S/C24H20BrNO3/c1-2-26-21-13-12-19(25)14-20(21)24(29,23(26)28)15-22(27)18-10-8-17(9-11-18)16-6-4-3-5-7-16/h3-14,29H,2,15H2,1H3/t24-/m1/s1. The number of anilines is 1. The van der Waals surface area contributed by atoms with Crippen LogP contribution < -0.4 is 4.90 Å². The normalized spacial score (nSPS) is 18.0. The number of amides is 1. The van der Waals surface area contributed by atoms with Gasteiger partial charge < -0.3 is 10.0 Å². The highest BCUT2D eigenvalue weighted by Crippen LogP contribution is 2.44. The van der Waals surface area contributed by atoms with Crippen LogP contribution >= 0.6 is 15.9 Å². The predicted molar refractivity (Wildman–Crippen MR) is 117 cm³/mol. The summed E-state index contributed by atoms with van der Waals surface area (Å²) >= 11 is 3.39. The maximum absolute atomic E-state index is 12.9. The third-order valence-corrected chi connectivity index (χ3v) is 5.83. The average molecular weight is 450 g/mol. The molecule has 0 unspecified atom stereocenters. The van der Waals surface area contributed by atoms with Gasteiger partial charge in [0.25, 0.3) is 5.91 Å². The molecule has 29 heavy (non-hydrogen) atoms. The first kappa shape index (κ1) is 19.6. The number of fused-ring (bicyclic) bond motifs is 1. The Balaban J connectivity index is 1.63. The van der Waals surface area contributed by atoms with Crippen molar-refractivity contribution in [3.8, 4) is 11.1 Å². The van der Waals surface area contributed by atoms with Gasteiger partial charge in [-0.2, -0.15) is 0 Å². The van der Waals surface area contributed by atoms with E-state index in [-0.39, 0.29) is 12.2 Å². The Kier molecular flexibility index (Phi) is 5.11. The van der Waals surface area contributed by atoms with E-state index in [1.54, 1.807) is 24.3 Å². The first-order valence-electron chi connectivity index (χ1n) is 9.47. The van der Waals surface area contributed by atoms with Crippen LogP contribution in [0.3, 0.4) is 0 Å². The maximum Gasteiger partial charge on any atom is 0.264 e. The van der Waals surface area contributed by atoms with E-state index in [4.69, 9.17) is 0 Å². The first-order valence-corrected chi connectivity index (χ1v) is 10.3. The molecule has 4 rings (SSSR count). The van der Waals surface area contributed by atoms with Gasteiger partial charge in [0.2, 0.25) is 0 Å². The zero-order valence-electron chi connectivity index (χ0n) is 15.9. The van der Waals surface area contributed by atoms with Crippen molar-refractivity contribution in [1.82, 2.24) is 0 Å². The van der Waals surface area contributed by atoms with E-state index in [9.17, 15) is 14.7 Å². The number of carbonyl (C=O) groups is 2. The molecule has 1 aliphatic heterocycles. The van der Waals surface area contributed by atoms with Gasteiger partial charge in [-0.3, -0.25) is 9.59 Å². The Morgan fingerprint density at radius 1 is 1.00 bits per heavy atom. The first-order chi connectivity index (χ1) is 13.9. The van der Waals surface area contributed by atoms with Crippen LogP contribution in [0.15, 0.2) is 77.3 Å². The highest BCUT2D eigenvalue weighted by Gasteiger charge is 2.50. The summed E-state index contributed by atoms with van der Waals surface area (Å²) in [6.07, 6.45) is -0.295. The molecule has 1 N–H and O–H groups in total. The van der Waals surface area contributed by atoms with Gasteiger partial charge in [-0.25, -0.2) is 0 Å². The third kappa shape index (κ3) is 3.41. The van der Waals surface area contributed by atoms with Gasteiger partial charge in [-0.1, -0.05) is 70.5 Å². The monoisotopic (exact) mass is 449 g/mol. The average Bonchev–Trinajstić information content (AvgIpc) is 2.95. The molecule has 0 saturated carbocycles. The number of benzene rings is 3. The number of aliphatic hydroxyl groups is 1. The highest BCUT2D eigenvalue weighted by molar-refractivity contribution is 9.10. The zero-order valence-corrected chi connectivity index (χ0v) is 17.5. The molecule has 1 aliphatic rings. The van der Waals surface area contributed by atoms with E-state index in [2.05, 4.69) is 15.9 Å². The molecule has 0 saturated heterocycles. The SMILES string of the molecule is CCN1C(=O)[C@@](O)(CC(=O)c2ccc(-c3ccccc3)cc2)c2cc(Br)ccc21. The Morgan fingerprint density at radius 2 is 1.66 bits per heavy atom. The molecule has 1 heterocycles. The summed E-state index contributed by atoms with van der Waals surface area (Å²) in [4.78, 5) is 27.4. The van der Waals surface area contributed by atoms with Crippen molar-refractivity contribution in [2.75, 3.05) is 11.4 Å². The number of rotatable bonds is 5. The van der Waals surface area contributed by atoms with Crippen molar-refractivity contribution in [3.63, 3.8) is 0 Å². The lowest BCUT2D eigenvalue weighted by atomic mass is 9.88. The Labute approximate surface area is 177 Å². The van der Waals surface area contributed by atoms with Gasteiger partial charge in [0.1, 0.15) is 0 Å². The Hall–Kier alpha value is -2.76. The second-order valence-electron chi connectivity index (χ2n) is 7.11. The molecule has 0 aliphatic carbocycles. The van der Waals surface area contributed by atoms with Crippen molar-refractivity contribution in [1.29, 1.82) is 0 Å². The van der Waals surface area contributed by atoms with Crippen molar-refractivity contribution in [2.24, 2.45) is 0 Å². The minimum atomic E-state index is -1.86. The number of Topliss-reactive ketones (excluding diaryl/α,β-unsaturated/α-hetero) is 1. The van der Waals surface area contributed by atoms with E-state index < -0.39 is 11.5 Å². The van der Waals surface area contributed by atoms with Gasteiger partial charge in [0.05, 0.1) is 12.1 Å². The van der Waals surface area contributed by atoms with E-state index in [0.29, 0.717) is 23.4 Å². The molecule has 3 aromatic rings. The fraction of sp³-hybridized carbons (Fsp3) is 0.167. The lowest BCUT2D eigenvalue weighted by Crippen LogP contribution is -2.41. The Morgan fingerprint density at radius 3 is 2.31 bits per heavy atom. The fourth-order valence-electron chi connectivity index (χ4n) is 3.82. The molecule has 0 aromatic heterocycles. The molecular weight excluding hydrogens is 430 g/mol. The van der Waals surface area contributed by atoms with Crippen LogP contribution in [0.4, 0.5) is 5.69 Å². The summed E-state index contributed by atoms with van der Waals surface area (Å²) in [5.74, 6) is -0.730. The smallest absolute Gasteiger partial charge is 0.264 e. The number of nitrogens with zero attached hydrogens (tertiary/aromatic N) is 1. The number of hydrogen-bond acceptors (Lipinski definition) is 3. The number of ketones is 1. The number of likely N-dealkylation sites (N-methyl/N-ethyl adjacent to an activating group) is 1. The van der Waals surface area contributed by atoms with Crippen LogP contribution in [0.5, 0.6) is 0 Å². The van der Waals surface area contributed by atoms with E-state index >= 15 is 0 Å². The molecule has 0 fully saturated rings. The second-order valence-corrected chi connectivity index (χ2v) is 8.03. The summed E-state index contributed by atoms with van der Waals surface area (Å²) in [6, 6.07) is 22.5. The molecule has 4 nitrogen and oxygen atoms in total. The van der Waals surface area contributed by atoms with Gasteiger partial charge in [-0.05, 0) is 36.2 Å². The van der Waals surface area contributed by atoms with Crippen molar-refractivity contribution < 1.29 is 14.7 Å². The summed E-state index contributed by atoms with van der Waals surface area (Å²) in [5.41, 5.74) is 1.79. The van der Waals surface area contributed by atoms with Gasteiger partial charge in [0, 0.05) is 22.1 Å². The van der Waals surface area contributed by atoms with Gasteiger partial charge >= 0.3 is 0 Å². The van der Waals surface area contributed by atoms with E-state index in [1.807, 2.05) is 55.5 Å². The minimum Gasteiger partial charge on any atom is -0.375 e. The van der Waals surface area contributed by atoms with Crippen LogP contribution in [0, 0.1) is 0 Å². The fourth-order valence-corrected chi connectivity index (χ4v) is 4.18. The topological polar surface area (TPSA) is 57.6 Å². The van der Waals surface area contributed by atoms with Crippen LogP contribution in [-0.2, 0) is 10.4 Å². The van der Waals surface area contributed by atoms with Gasteiger partial charge in [0.15, 0.2) is 11.4 Å².